The fourth-order valence-electron chi connectivity index (χ4n) is 4.61. The van der Waals surface area contributed by atoms with Crippen molar-refractivity contribution in [3.8, 4) is 0 Å². The highest BCUT2D eigenvalue weighted by molar-refractivity contribution is 5.43. The summed E-state index contributed by atoms with van der Waals surface area (Å²) in [6.45, 7) is 4.66. The molecule has 1 aromatic rings. The molecular formula is C27H31N. The van der Waals surface area contributed by atoms with Gasteiger partial charge in [0.15, 0.2) is 0 Å². The Morgan fingerprint density at radius 2 is 1.57 bits per heavy atom. The van der Waals surface area contributed by atoms with E-state index < -0.39 is 0 Å². The van der Waals surface area contributed by atoms with Gasteiger partial charge < -0.3 is 5.32 Å². The maximum atomic E-state index is 3.83. The Morgan fingerprint density at radius 3 is 2.25 bits per heavy atom. The summed E-state index contributed by atoms with van der Waals surface area (Å²) in [7, 11) is 0. The largest absolute Gasteiger partial charge is 0.381 e. The lowest BCUT2D eigenvalue weighted by Crippen LogP contribution is -2.21. The van der Waals surface area contributed by atoms with E-state index in [1.807, 2.05) is 0 Å². The Morgan fingerprint density at radius 1 is 0.857 bits per heavy atom. The molecule has 3 aliphatic carbocycles. The molecule has 1 N–H and O–H groups in total. The van der Waals surface area contributed by atoms with E-state index in [0.717, 1.165) is 19.3 Å². The molecular weight excluding hydrogens is 338 g/mol. The summed E-state index contributed by atoms with van der Waals surface area (Å²) in [6, 6.07) is 11.1. The van der Waals surface area contributed by atoms with Gasteiger partial charge in [-0.3, -0.25) is 0 Å². The topological polar surface area (TPSA) is 12.0 Å². The first-order valence-electron chi connectivity index (χ1n) is 10.6. The fourth-order valence-corrected chi connectivity index (χ4v) is 4.61. The lowest BCUT2D eigenvalue weighted by Gasteiger charge is -2.27. The minimum absolute atomic E-state index is 0.321. The van der Waals surface area contributed by atoms with Crippen LogP contribution in [0.5, 0.6) is 0 Å². The van der Waals surface area contributed by atoms with Crippen LogP contribution < -0.4 is 5.32 Å². The fraction of sp³-hybridized carbons (Fsp3) is 0.333. The molecule has 0 spiro atoms. The summed E-state index contributed by atoms with van der Waals surface area (Å²) in [5.74, 6) is 1.10. The quantitative estimate of drug-likeness (QED) is 0.522. The molecule has 0 heterocycles. The smallest absolute Gasteiger partial charge is 0.0482 e. The molecule has 0 fully saturated rings. The third kappa shape index (κ3) is 4.14. The molecule has 0 bridgehead atoms. The van der Waals surface area contributed by atoms with Gasteiger partial charge in [-0.05, 0) is 43.2 Å². The molecule has 28 heavy (non-hydrogen) atoms. The van der Waals surface area contributed by atoms with Crippen molar-refractivity contribution >= 4 is 0 Å². The van der Waals surface area contributed by atoms with Crippen molar-refractivity contribution in [3.63, 3.8) is 0 Å². The second kappa shape index (κ2) is 8.65. The Hall–Kier alpha value is -2.54. The van der Waals surface area contributed by atoms with E-state index in [4.69, 9.17) is 0 Å². The van der Waals surface area contributed by atoms with E-state index in [1.165, 1.54) is 23.3 Å². The Balaban J connectivity index is 1.56. The van der Waals surface area contributed by atoms with Gasteiger partial charge in [0.05, 0.1) is 0 Å². The van der Waals surface area contributed by atoms with Crippen LogP contribution >= 0.6 is 0 Å². The summed E-state index contributed by atoms with van der Waals surface area (Å²) in [5, 5.41) is 3.83. The SMILES string of the molecule is C[C@H](C[C@@H](C1=CC=CC1)C1=C(N[C@@H](C)c2ccccc2)CC=C1)C1=CC=CC1. The van der Waals surface area contributed by atoms with Crippen LogP contribution in [0.3, 0.4) is 0 Å². The van der Waals surface area contributed by atoms with Crippen molar-refractivity contribution in [2.24, 2.45) is 11.8 Å². The highest BCUT2D eigenvalue weighted by atomic mass is 14.9. The van der Waals surface area contributed by atoms with Crippen molar-refractivity contribution in [3.05, 3.63) is 107 Å². The lowest BCUT2D eigenvalue weighted by molar-refractivity contribution is 0.511. The number of hydrogen-bond acceptors (Lipinski definition) is 1. The van der Waals surface area contributed by atoms with Gasteiger partial charge in [0, 0.05) is 24.1 Å². The first-order chi connectivity index (χ1) is 13.7. The van der Waals surface area contributed by atoms with E-state index in [1.54, 1.807) is 11.1 Å². The molecule has 1 heteroatoms. The molecule has 0 amide bonds. The maximum Gasteiger partial charge on any atom is 0.0482 e. The number of nitrogens with one attached hydrogen (secondary N) is 1. The van der Waals surface area contributed by atoms with Crippen molar-refractivity contribution < 1.29 is 0 Å². The molecule has 144 valence electrons. The highest BCUT2D eigenvalue weighted by Gasteiger charge is 2.27. The molecule has 1 nitrogen and oxygen atoms in total. The monoisotopic (exact) mass is 369 g/mol. The standard InChI is InChI=1S/C27H31N/c1-20(22-11-6-7-12-22)19-26(24-15-8-9-16-24)25-17-10-18-27(25)28-21(2)23-13-4-3-5-14-23/h3-11,13-15,17,20-21,26,28H,12,16,18-19H2,1-2H3/t20-,21+,26+/m1/s1. The molecule has 0 saturated carbocycles. The molecule has 1 aromatic carbocycles. The number of allylic oxidation sites excluding steroid dienone is 11. The van der Waals surface area contributed by atoms with E-state index in [2.05, 4.69) is 98.1 Å². The lowest BCUT2D eigenvalue weighted by atomic mass is 9.80. The van der Waals surface area contributed by atoms with Crippen LogP contribution in [0.25, 0.3) is 0 Å². The Kier molecular flexibility index (Phi) is 5.81. The van der Waals surface area contributed by atoms with E-state index in [-0.39, 0.29) is 0 Å². The molecule has 4 rings (SSSR count). The number of rotatable bonds is 8. The van der Waals surface area contributed by atoms with Crippen LogP contribution in [0.4, 0.5) is 0 Å². The van der Waals surface area contributed by atoms with Gasteiger partial charge in [-0.15, -0.1) is 0 Å². The molecule has 0 aliphatic heterocycles. The van der Waals surface area contributed by atoms with Crippen molar-refractivity contribution in [1.82, 2.24) is 5.32 Å². The normalized spacial score (nSPS) is 21.1. The second-order valence-electron chi connectivity index (χ2n) is 8.25. The Labute approximate surface area is 169 Å². The van der Waals surface area contributed by atoms with Crippen molar-refractivity contribution in [2.75, 3.05) is 0 Å². The number of benzene rings is 1. The molecule has 0 unspecified atom stereocenters. The van der Waals surface area contributed by atoms with Gasteiger partial charge in [0.25, 0.3) is 0 Å². The molecule has 3 aliphatic rings. The van der Waals surface area contributed by atoms with E-state index in [9.17, 15) is 0 Å². The van der Waals surface area contributed by atoms with Gasteiger partial charge >= 0.3 is 0 Å². The third-order valence-corrected chi connectivity index (χ3v) is 6.30. The highest BCUT2D eigenvalue weighted by Crippen LogP contribution is 2.39. The van der Waals surface area contributed by atoms with Gasteiger partial charge in [-0.1, -0.05) is 97.0 Å². The average molecular weight is 370 g/mol. The summed E-state index contributed by atoms with van der Waals surface area (Å²) in [4.78, 5) is 0. The molecule has 3 atom stereocenters. The predicted molar refractivity (Wildman–Crippen MR) is 120 cm³/mol. The van der Waals surface area contributed by atoms with Crippen LogP contribution in [0.1, 0.15) is 51.1 Å². The first kappa shape index (κ1) is 18.8. The second-order valence-corrected chi connectivity index (χ2v) is 8.25. The van der Waals surface area contributed by atoms with Gasteiger partial charge in [-0.25, -0.2) is 0 Å². The summed E-state index contributed by atoms with van der Waals surface area (Å²) in [6.07, 6.45) is 22.8. The average Bonchev–Trinajstić information content (AvgIpc) is 3.49. The first-order valence-corrected chi connectivity index (χ1v) is 10.6. The number of hydrogen-bond donors (Lipinski definition) is 1. The van der Waals surface area contributed by atoms with Crippen LogP contribution in [0.2, 0.25) is 0 Å². The van der Waals surface area contributed by atoms with Crippen LogP contribution in [0.15, 0.2) is 101 Å². The van der Waals surface area contributed by atoms with Crippen LogP contribution in [-0.2, 0) is 0 Å². The zero-order valence-electron chi connectivity index (χ0n) is 17.1. The summed E-state index contributed by atoms with van der Waals surface area (Å²) >= 11 is 0. The zero-order chi connectivity index (χ0) is 19.3. The van der Waals surface area contributed by atoms with Crippen LogP contribution in [0, 0.1) is 11.8 Å². The molecule has 0 radical (unpaired) electrons. The van der Waals surface area contributed by atoms with Gasteiger partial charge in [-0.2, -0.15) is 0 Å². The summed E-state index contributed by atoms with van der Waals surface area (Å²) in [5.41, 5.74) is 7.38. The minimum Gasteiger partial charge on any atom is -0.381 e. The van der Waals surface area contributed by atoms with Gasteiger partial charge in [0.2, 0.25) is 0 Å². The zero-order valence-corrected chi connectivity index (χ0v) is 17.1. The van der Waals surface area contributed by atoms with Gasteiger partial charge in [0.1, 0.15) is 0 Å². The van der Waals surface area contributed by atoms with E-state index >= 15 is 0 Å². The minimum atomic E-state index is 0.321. The van der Waals surface area contributed by atoms with E-state index in [0.29, 0.717) is 17.9 Å². The molecule has 0 saturated heterocycles. The molecule has 0 aromatic heterocycles. The van der Waals surface area contributed by atoms with Crippen molar-refractivity contribution in [2.45, 2.75) is 45.6 Å². The van der Waals surface area contributed by atoms with Crippen molar-refractivity contribution in [1.29, 1.82) is 0 Å². The predicted octanol–water partition coefficient (Wildman–Crippen LogP) is 6.97. The summed E-state index contributed by atoms with van der Waals surface area (Å²) < 4.78 is 0. The third-order valence-electron chi connectivity index (χ3n) is 6.30. The van der Waals surface area contributed by atoms with Crippen LogP contribution in [-0.4, -0.2) is 0 Å². The Bertz CT molecular complexity index is 876. The maximum absolute atomic E-state index is 3.83.